The summed E-state index contributed by atoms with van der Waals surface area (Å²) in [7, 11) is 0. The molecule has 0 aromatic heterocycles. The van der Waals surface area contributed by atoms with E-state index in [1.54, 1.807) is 0 Å². The molecule has 1 aliphatic heterocycles. The molecule has 0 aromatic carbocycles. The highest BCUT2D eigenvalue weighted by Gasteiger charge is 2.41. The van der Waals surface area contributed by atoms with Gasteiger partial charge < -0.3 is 19.9 Å². The molecule has 2 N–H and O–H groups in total. The maximum absolute atomic E-state index is 9.76. The van der Waals surface area contributed by atoms with Crippen LogP contribution in [-0.2, 0) is 9.47 Å². The fourth-order valence-corrected chi connectivity index (χ4v) is 3.80. The molecule has 2 atom stereocenters. The van der Waals surface area contributed by atoms with E-state index in [4.69, 9.17) is 9.47 Å². The molecule has 2 unspecified atom stereocenters. The third-order valence-corrected chi connectivity index (χ3v) is 5.07. The Morgan fingerprint density at radius 1 is 1.30 bits per heavy atom. The second-order valence-corrected chi connectivity index (χ2v) is 6.35. The fourth-order valence-electron chi connectivity index (χ4n) is 3.80. The van der Waals surface area contributed by atoms with Crippen LogP contribution in [0.1, 0.15) is 45.4 Å². The average molecular weight is 285 g/mol. The van der Waals surface area contributed by atoms with Gasteiger partial charge in [-0.1, -0.05) is 13.3 Å². The van der Waals surface area contributed by atoms with Gasteiger partial charge in [0.2, 0.25) is 0 Å². The number of aliphatic hydroxyl groups excluding tert-OH is 1. The fraction of sp³-hybridized carbons (Fsp3) is 1.00. The number of hydrogen-bond acceptors (Lipinski definition) is 4. The van der Waals surface area contributed by atoms with Crippen LogP contribution in [0.25, 0.3) is 0 Å². The highest BCUT2D eigenvalue weighted by molar-refractivity contribution is 4.98. The summed E-state index contributed by atoms with van der Waals surface area (Å²) in [6.07, 6.45) is 6.88. The number of nitrogens with one attached hydrogen (secondary N) is 1. The van der Waals surface area contributed by atoms with E-state index < -0.39 is 0 Å². The van der Waals surface area contributed by atoms with Crippen molar-refractivity contribution in [1.29, 1.82) is 0 Å². The lowest BCUT2D eigenvalue weighted by molar-refractivity contribution is 0.0134. The summed E-state index contributed by atoms with van der Waals surface area (Å²) in [6, 6.07) is 0. The molecule has 4 nitrogen and oxygen atoms in total. The standard InChI is InChI=1S/C16H31NO3/c1-2-17-16(13-18)8-3-4-15(16)7-11-20-12-14-5-9-19-10-6-14/h14-15,17-18H,2-13H2,1H3. The number of ether oxygens (including phenoxy) is 2. The Morgan fingerprint density at radius 3 is 2.80 bits per heavy atom. The molecule has 0 aromatic rings. The van der Waals surface area contributed by atoms with Crippen molar-refractivity contribution in [2.24, 2.45) is 11.8 Å². The maximum Gasteiger partial charge on any atom is 0.0616 e. The molecular weight excluding hydrogens is 254 g/mol. The van der Waals surface area contributed by atoms with Crippen molar-refractivity contribution in [2.45, 2.75) is 51.0 Å². The molecule has 1 heterocycles. The van der Waals surface area contributed by atoms with Gasteiger partial charge in [0.1, 0.15) is 0 Å². The lowest BCUT2D eigenvalue weighted by Crippen LogP contribution is -2.51. The lowest BCUT2D eigenvalue weighted by Gasteiger charge is -2.35. The topological polar surface area (TPSA) is 50.7 Å². The van der Waals surface area contributed by atoms with Crippen LogP contribution in [0, 0.1) is 11.8 Å². The number of aliphatic hydroxyl groups is 1. The Morgan fingerprint density at radius 2 is 2.10 bits per heavy atom. The van der Waals surface area contributed by atoms with E-state index in [0.717, 1.165) is 58.7 Å². The molecule has 1 saturated heterocycles. The van der Waals surface area contributed by atoms with Crippen molar-refractivity contribution in [3.63, 3.8) is 0 Å². The highest BCUT2D eigenvalue weighted by Crippen LogP contribution is 2.37. The van der Waals surface area contributed by atoms with Crippen LogP contribution >= 0.6 is 0 Å². The molecule has 118 valence electrons. The van der Waals surface area contributed by atoms with Crippen molar-refractivity contribution >= 4 is 0 Å². The van der Waals surface area contributed by atoms with Gasteiger partial charge in [-0.3, -0.25) is 0 Å². The molecular formula is C16H31NO3. The SMILES string of the molecule is CCNC1(CO)CCCC1CCOCC1CCOCC1. The summed E-state index contributed by atoms with van der Waals surface area (Å²) in [4.78, 5) is 0. The maximum atomic E-state index is 9.76. The minimum Gasteiger partial charge on any atom is -0.394 e. The van der Waals surface area contributed by atoms with E-state index in [0.29, 0.717) is 11.8 Å². The molecule has 20 heavy (non-hydrogen) atoms. The first-order valence-corrected chi connectivity index (χ1v) is 8.32. The van der Waals surface area contributed by atoms with E-state index in [1.165, 1.54) is 12.8 Å². The lowest BCUT2D eigenvalue weighted by atomic mass is 9.85. The monoisotopic (exact) mass is 285 g/mol. The largest absolute Gasteiger partial charge is 0.394 e. The van der Waals surface area contributed by atoms with Crippen molar-refractivity contribution < 1.29 is 14.6 Å². The van der Waals surface area contributed by atoms with Gasteiger partial charge >= 0.3 is 0 Å². The van der Waals surface area contributed by atoms with Gasteiger partial charge in [-0.2, -0.15) is 0 Å². The third kappa shape index (κ3) is 4.17. The minimum absolute atomic E-state index is 0.0449. The van der Waals surface area contributed by atoms with Crippen LogP contribution in [0.15, 0.2) is 0 Å². The van der Waals surface area contributed by atoms with Crippen molar-refractivity contribution in [3.8, 4) is 0 Å². The third-order valence-electron chi connectivity index (χ3n) is 5.07. The predicted octanol–water partition coefficient (Wildman–Crippen LogP) is 1.96. The summed E-state index contributed by atoms with van der Waals surface area (Å²) >= 11 is 0. The summed E-state index contributed by atoms with van der Waals surface area (Å²) in [5.74, 6) is 1.24. The van der Waals surface area contributed by atoms with Crippen LogP contribution in [0.5, 0.6) is 0 Å². The van der Waals surface area contributed by atoms with Crippen molar-refractivity contribution in [2.75, 3.05) is 39.6 Å². The van der Waals surface area contributed by atoms with E-state index in [1.807, 2.05) is 0 Å². The van der Waals surface area contributed by atoms with Gasteiger partial charge in [-0.15, -0.1) is 0 Å². The molecule has 0 amide bonds. The van der Waals surface area contributed by atoms with Gasteiger partial charge in [0.15, 0.2) is 0 Å². The van der Waals surface area contributed by atoms with Crippen LogP contribution in [0.2, 0.25) is 0 Å². The zero-order chi connectivity index (χ0) is 14.3. The summed E-state index contributed by atoms with van der Waals surface area (Å²) in [5.41, 5.74) is -0.0449. The number of likely N-dealkylation sites (N-methyl/N-ethyl adjacent to an activating group) is 1. The minimum atomic E-state index is -0.0449. The first kappa shape index (κ1) is 16.2. The summed E-state index contributed by atoms with van der Waals surface area (Å²) in [5, 5.41) is 13.3. The molecule has 0 spiro atoms. The van der Waals surface area contributed by atoms with Gasteiger partial charge in [0, 0.05) is 32.0 Å². The normalized spacial score (nSPS) is 31.8. The van der Waals surface area contributed by atoms with E-state index in [9.17, 15) is 5.11 Å². The Kier molecular flexibility index (Phi) is 6.75. The summed E-state index contributed by atoms with van der Waals surface area (Å²) in [6.45, 7) is 6.80. The van der Waals surface area contributed by atoms with Crippen LogP contribution in [0.3, 0.4) is 0 Å². The van der Waals surface area contributed by atoms with Gasteiger partial charge in [0.25, 0.3) is 0 Å². The van der Waals surface area contributed by atoms with E-state index in [2.05, 4.69) is 12.2 Å². The quantitative estimate of drug-likeness (QED) is 0.669. The molecule has 2 aliphatic rings. The number of rotatable bonds is 8. The first-order chi connectivity index (χ1) is 9.80. The van der Waals surface area contributed by atoms with Gasteiger partial charge in [-0.05, 0) is 50.5 Å². The summed E-state index contributed by atoms with van der Waals surface area (Å²) < 4.78 is 11.3. The molecule has 1 saturated carbocycles. The van der Waals surface area contributed by atoms with Gasteiger partial charge in [-0.25, -0.2) is 0 Å². The Hall–Kier alpha value is -0.160. The molecule has 4 heteroatoms. The van der Waals surface area contributed by atoms with Crippen LogP contribution in [0.4, 0.5) is 0 Å². The van der Waals surface area contributed by atoms with Crippen LogP contribution in [-0.4, -0.2) is 50.2 Å². The smallest absolute Gasteiger partial charge is 0.0616 e. The number of hydrogen-bond donors (Lipinski definition) is 2. The van der Waals surface area contributed by atoms with Crippen LogP contribution < -0.4 is 5.32 Å². The zero-order valence-corrected chi connectivity index (χ0v) is 12.9. The highest BCUT2D eigenvalue weighted by atomic mass is 16.5. The molecule has 2 rings (SSSR count). The molecule has 1 aliphatic carbocycles. The van der Waals surface area contributed by atoms with Crippen molar-refractivity contribution in [3.05, 3.63) is 0 Å². The Bertz CT molecular complexity index is 268. The van der Waals surface area contributed by atoms with Crippen molar-refractivity contribution in [1.82, 2.24) is 5.32 Å². The zero-order valence-electron chi connectivity index (χ0n) is 12.9. The predicted molar refractivity (Wildman–Crippen MR) is 79.8 cm³/mol. The second kappa shape index (κ2) is 8.32. The average Bonchev–Trinajstić information content (AvgIpc) is 2.88. The Labute approximate surface area is 123 Å². The molecule has 2 fully saturated rings. The Balaban J connectivity index is 1.67. The molecule has 0 radical (unpaired) electrons. The first-order valence-electron chi connectivity index (χ1n) is 8.32. The van der Waals surface area contributed by atoms with E-state index in [-0.39, 0.29) is 12.1 Å². The molecule has 0 bridgehead atoms. The van der Waals surface area contributed by atoms with E-state index >= 15 is 0 Å². The van der Waals surface area contributed by atoms with Gasteiger partial charge in [0.05, 0.1) is 6.61 Å². The second-order valence-electron chi connectivity index (χ2n) is 6.35.